The maximum atomic E-state index is 12.8. The SMILES string of the molecule is OC1(CF)CC(c2cccc(CNCc3cccc4ccccc34)c2)=NO1. The fourth-order valence-electron chi connectivity index (χ4n) is 3.34. The zero-order valence-corrected chi connectivity index (χ0v) is 14.9. The van der Waals surface area contributed by atoms with Crippen LogP contribution in [0, 0.1) is 0 Å². The molecule has 0 radical (unpaired) electrons. The number of halogens is 1. The minimum atomic E-state index is -1.82. The van der Waals surface area contributed by atoms with Crippen LogP contribution in [-0.4, -0.2) is 23.3 Å². The summed E-state index contributed by atoms with van der Waals surface area (Å²) < 4.78 is 12.8. The first-order valence-corrected chi connectivity index (χ1v) is 8.97. The molecule has 5 heteroatoms. The van der Waals surface area contributed by atoms with Crippen LogP contribution in [0.4, 0.5) is 4.39 Å². The number of aliphatic hydroxyl groups is 1. The number of hydrogen-bond donors (Lipinski definition) is 2. The van der Waals surface area contributed by atoms with Crippen molar-refractivity contribution >= 4 is 16.5 Å². The number of fused-ring (bicyclic) bond motifs is 1. The molecular formula is C22H21FN2O2. The van der Waals surface area contributed by atoms with Gasteiger partial charge < -0.3 is 15.3 Å². The molecule has 4 nitrogen and oxygen atoms in total. The van der Waals surface area contributed by atoms with Gasteiger partial charge in [-0.15, -0.1) is 0 Å². The molecule has 0 bridgehead atoms. The first-order valence-electron chi connectivity index (χ1n) is 8.97. The summed E-state index contributed by atoms with van der Waals surface area (Å²) in [5.74, 6) is -1.82. The van der Waals surface area contributed by atoms with Gasteiger partial charge in [0.1, 0.15) is 0 Å². The monoisotopic (exact) mass is 364 g/mol. The second-order valence-corrected chi connectivity index (χ2v) is 6.83. The predicted octanol–water partition coefficient (Wildman–Crippen LogP) is 3.91. The molecule has 1 unspecified atom stereocenters. The highest BCUT2D eigenvalue weighted by Crippen LogP contribution is 2.25. The molecular weight excluding hydrogens is 343 g/mol. The van der Waals surface area contributed by atoms with E-state index in [0.717, 1.165) is 17.7 Å². The van der Waals surface area contributed by atoms with Gasteiger partial charge in [0, 0.05) is 13.1 Å². The summed E-state index contributed by atoms with van der Waals surface area (Å²) >= 11 is 0. The minimum Gasteiger partial charge on any atom is -0.357 e. The molecule has 1 heterocycles. The van der Waals surface area contributed by atoms with E-state index in [0.29, 0.717) is 12.3 Å². The van der Waals surface area contributed by atoms with Crippen molar-refractivity contribution in [3.05, 3.63) is 83.4 Å². The summed E-state index contributed by atoms with van der Waals surface area (Å²) in [4.78, 5) is 4.83. The second kappa shape index (κ2) is 7.47. The highest BCUT2D eigenvalue weighted by Gasteiger charge is 2.37. The van der Waals surface area contributed by atoms with Crippen LogP contribution in [0.15, 0.2) is 71.9 Å². The van der Waals surface area contributed by atoms with Crippen LogP contribution in [0.1, 0.15) is 23.1 Å². The molecule has 3 aromatic rings. The van der Waals surface area contributed by atoms with Gasteiger partial charge in [0.25, 0.3) is 5.79 Å². The van der Waals surface area contributed by atoms with Crippen molar-refractivity contribution in [3.63, 3.8) is 0 Å². The highest BCUT2D eigenvalue weighted by molar-refractivity contribution is 6.01. The van der Waals surface area contributed by atoms with Crippen molar-refractivity contribution in [2.24, 2.45) is 5.16 Å². The maximum absolute atomic E-state index is 12.8. The van der Waals surface area contributed by atoms with Gasteiger partial charge in [0.05, 0.1) is 12.1 Å². The van der Waals surface area contributed by atoms with Gasteiger partial charge >= 0.3 is 0 Å². The summed E-state index contributed by atoms with van der Waals surface area (Å²) in [5, 5.41) is 19.6. The van der Waals surface area contributed by atoms with Gasteiger partial charge in [0.15, 0.2) is 6.67 Å². The van der Waals surface area contributed by atoms with Gasteiger partial charge in [-0.2, -0.15) is 0 Å². The Morgan fingerprint density at radius 2 is 1.85 bits per heavy atom. The lowest BCUT2D eigenvalue weighted by molar-refractivity contribution is -0.193. The minimum absolute atomic E-state index is 0.0520. The second-order valence-electron chi connectivity index (χ2n) is 6.83. The quantitative estimate of drug-likeness (QED) is 0.697. The Hall–Kier alpha value is -2.76. The summed E-state index contributed by atoms with van der Waals surface area (Å²) in [6.07, 6.45) is 0.0520. The standard InChI is InChI=1S/C22H21FN2O2/c23-15-22(26)12-21(25-27-22)18-8-3-5-16(11-18)13-24-14-19-9-4-7-17-6-1-2-10-20(17)19/h1-11,24,26H,12-15H2. The lowest BCUT2D eigenvalue weighted by Crippen LogP contribution is -2.31. The molecule has 2 N–H and O–H groups in total. The lowest BCUT2D eigenvalue weighted by Gasteiger charge is -2.14. The van der Waals surface area contributed by atoms with E-state index < -0.39 is 12.5 Å². The Morgan fingerprint density at radius 1 is 1.04 bits per heavy atom. The molecule has 4 rings (SSSR count). The summed E-state index contributed by atoms with van der Waals surface area (Å²) in [5.41, 5.74) is 3.74. The molecule has 138 valence electrons. The smallest absolute Gasteiger partial charge is 0.268 e. The van der Waals surface area contributed by atoms with E-state index in [1.54, 1.807) is 0 Å². The van der Waals surface area contributed by atoms with Crippen LogP contribution in [0.5, 0.6) is 0 Å². The van der Waals surface area contributed by atoms with Crippen LogP contribution in [-0.2, 0) is 17.9 Å². The predicted molar refractivity (Wildman–Crippen MR) is 104 cm³/mol. The van der Waals surface area contributed by atoms with Gasteiger partial charge in [-0.25, -0.2) is 4.39 Å². The molecule has 1 aliphatic heterocycles. The Labute approximate surface area is 157 Å². The average molecular weight is 364 g/mol. The highest BCUT2D eigenvalue weighted by atomic mass is 19.1. The summed E-state index contributed by atoms with van der Waals surface area (Å²) in [6, 6.07) is 22.5. The topological polar surface area (TPSA) is 53.8 Å². The van der Waals surface area contributed by atoms with E-state index in [9.17, 15) is 9.50 Å². The normalized spacial score (nSPS) is 19.1. The molecule has 0 amide bonds. The zero-order valence-electron chi connectivity index (χ0n) is 14.9. The summed E-state index contributed by atoms with van der Waals surface area (Å²) in [7, 11) is 0. The zero-order chi connectivity index (χ0) is 18.7. The molecule has 0 spiro atoms. The maximum Gasteiger partial charge on any atom is 0.268 e. The van der Waals surface area contributed by atoms with Crippen molar-refractivity contribution in [3.8, 4) is 0 Å². The third kappa shape index (κ3) is 3.84. The van der Waals surface area contributed by atoms with Gasteiger partial charge in [-0.1, -0.05) is 65.8 Å². The van der Waals surface area contributed by atoms with E-state index in [-0.39, 0.29) is 6.42 Å². The molecule has 0 saturated carbocycles. The number of oxime groups is 1. The third-order valence-corrected chi connectivity index (χ3v) is 4.76. The molecule has 0 aliphatic carbocycles. The first-order chi connectivity index (χ1) is 13.2. The molecule has 0 aromatic heterocycles. The van der Waals surface area contributed by atoms with Crippen LogP contribution >= 0.6 is 0 Å². The van der Waals surface area contributed by atoms with E-state index in [1.807, 2.05) is 30.3 Å². The van der Waals surface area contributed by atoms with Crippen LogP contribution < -0.4 is 5.32 Å². The van der Waals surface area contributed by atoms with Gasteiger partial charge in [-0.3, -0.25) is 0 Å². The number of rotatable bonds is 6. The van der Waals surface area contributed by atoms with Crippen molar-refractivity contribution in [2.75, 3.05) is 6.67 Å². The molecule has 1 atom stereocenters. The number of benzene rings is 3. The molecule has 3 aromatic carbocycles. The molecule has 0 fully saturated rings. The van der Waals surface area contributed by atoms with Crippen LogP contribution in [0.3, 0.4) is 0 Å². The Kier molecular flexibility index (Phi) is 4.88. The van der Waals surface area contributed by atoms with Crippen molar-refractivity contribution < 1.29 is 14.3 Å². The van der Waals surface area contributed by atoms with E-state index in [1.165, 1.54) is 16.3 Å². The largest absolute Gasteiger partial charge is 0.357 e. The molecule has 0 saturated heterocycles. The van der Waals surface area contributed by atoms with Crippen molar-refractivity contribution in [1.29, 1.82) is 0 Å². The van der Waals surface area contributed by atoms with Crippen LogP contribution in [0.25, 0.3) is 10.8 Å². The summed E-state index contributed by atoms with van der Waals surface area (Å²) in [6.45, 7) is 0.474. The first kappa shape index (κ1) is 17.6. The third-order valence-electron chi connectivity index (χ3n) is 4.76. The van der Waals surface area contributed by atoms with E-state index in [2.05, 4.69) is 46.9 Å². The Bertz CT molecular complexity index is 983. The van der Waals surface area contributed by atoms with Gasteiger partial charge in [-0.05, 0) is 33.5 Å². The lowest BCUT2D eigenvalue weighted by atomic mass is 10.0. The van der Waals surface area contributed by atoms with E-state index in [4.69, 9.17) is 4.84 Å². The Morgan fingerprint density at radius 3 is 2.70 bits per heavy atom. The fourth-order valence-corrected chi connectivity index (χ4v) is 3.34. The number of nitrogens with one attached hydrogen (secondary N) is 1. The number of alkyl halides is 1. The van der Waals surface area contributed by atoms with E-state index >= 15 is 0 Å². The average Bonchev–Trinajstić information content (AvgIpc) is 3.11. The number of hydrogen-bond acceptors (Lipinski definition) is 4. The Balaban J connectivity index is 1.42. The fraction of sp³-hybridized carbons (Fsp3) is 0.227. The molecule has 27 heavy (non-hydrogen) atoms. The van der Waals surface area contributed by atoms with Crippen molar-refractivity contribution in [2.45, 2.75) is 25.3 Å². The van der Waals surface area contributed by atoms with Crippen LogP contribution in [0.2, 0.25) is 0 Å². The van der Waals surface area contributed by atoms with Crippen molar-refractivity contribution in [1.82, 2.24) is 5.32 Å². The molecule has 1 aliphatic rings. The van der Waals surface area contributed by atoms with Gasteiger partial charge in [0.2, 0.25) is 0 Å². The number of nitrogens with zero attached hydrogens (tertiary/aromatic N) is 1.